The average molecular weight is 467 g/mol. The molecular weight excluding hydrogens is 435 g/mol. The number of benzene rings is 2. The molecule has 2 aromatic rings. The van der Waals surface area contributed by atoms with E-state index in [-0.39, 0.29) is 6.61 Å². The van der Waals surface area contributed by atoms with Gasteiger partial charge in [-0.3, -0.25) is 9.80 Å². The summed E-state index contributed by atoms with van der Waals surface area (Å²) in [5.41, 5.74) is 3.21. The first-order valence-electron chi connectivity index (χ1n) is 10.7. The number of aliphatic hydroxyl groups excluding tert-OH is 2. The van der Waals surface area contributed by atoms with Crippen LogP contribution in [-0.2, 0) is 6.42 Å². The highest BCUT2D eigenvalue weighted by atomic mass is 35.5. The molecule has 2 aromatic carbocycles. The number of piperazine rings is 1. The van der Waals surface area contributed by atoms with Crippen molar-refractivity contribution in [2.75, 3.05) is 45.9 Å². The van der Waals surface area contributed by atoms with E-state index in [9.17, 15) is 10.2 Å². The third-order valence-electron chi connectivity index (χ3n) is 5.73. The van der Waals surface area contributed by atoms with Crippen molar-refractivity contribution < 1.29 is 14.9 Å². The molecule has 0 bridgehead atoms. The molecule has 0 spiro atoms. The number of aryl methyl sites for hydroxylation is 2. The van der Waals surface area contributed by atoms with Crippen molar-refractivity contribution >= 4 is 23.2 Å². The van der Waals surface area contributed by atoms with E-state index >= 15 is 0 Å². The highest BCUT2D eigenvalue weighted by Crippen LogP contribution is 2.22. The Bertz CT molecular complexity index is 857. The molecule has 2 unspecified atom stereocenters. The minimum Gasteiger partial charge on any atom is -0.491 e. The first-order valence-corrected chi connectivity index (χ1v) is 11.5. The molecule has 0 radical (unpaired) electrons. The van der Waals surface area contributed by atoms with Gasteiger partial charge in [-0.25, -0.2) is 0 Å². The van der Waals surface area contributed by atoms with Gasteiger partial charge in [-0.1, -0.05) is 29.3 Å². The molecule has 3 rings (SSSR count). The highest BCUT2D eigenvalue weighted by molar-refractivity contribution is 6.30. The number of hydrogen-bond donors (Lipinski definition) is 2. The van der Waals surface area contributed by atoms with Gasteiger partial charge in [-0.2, -0.15) is 0 Å². The maximum absolute atomic E-state index is 10.5. The van der Waals surface area contributed by atoms with E-state index in [0.29, 0.717) is 24.5 Å². The maximum Gasteiger partial charge on any atom is 0.122 e. The number of β-amino-alcohol motifs (C(OH)–C–C–N with tert-alkyl or cyclic N) is 2. The molecule has 0 aliphatic carbocycles. The van der Waals surface area contributed by atoms with Crippen molar-refractivity contribution in [1.82, 2.24) is 9.80 Å². The van der Waals surface area contributed by atoms with Crippen molar-refractivity contribution in [1.29, 1.82) is 0 Å². The van der Waals surface area contributed by atoms with Crippen molar-refractivity contribution in [3.8, 4) is 5.75 Å². The van der Waals surface area contributed by atoms with E-state index < -0.39 is 12.2 Å². The average Bonchev–Trinajstić information content (AvgIpc) is 2.71. The fourth-order valence-electron chi connectivity index (χ4n) is 3.97. The van der Waals surface area contributed by atoms with Crippen LogP contribution in [0.25, 0.3) is 0 Å². The van der Waals surface area contributed by atoms with Gasteiger partial charge >= 0.3 is 0 Å². The van der Waals surface area contributed by atoms with Gasteiger partial charge in [0.2, 0.25) is 0 Å². The summed E-state index contributed by atoms with van der Waals surface area (Å²) in [5, 5.41) is 22.3. The zero-order valence-electron chi connectivity index (χ0n) is 18.2. The second-order valence-electron chi connectivity index (χ2n) is 8.40. The van der Waals surface area contributed by atoms with Crippen LogP contribution in [0.1, 0.15) is 16.7 Å². The molecule has 5 nitrogen and oxygen atoms in total. The number of rotatable bonds is 9. The Hall–Kier alpha value is -1.34. The lowest BCUT2D eigenvalue weighted by Crippen LogP contribution is -2.50. The van der Waals surface area contributed by atoms with Crippen LogP contribution in [0.15, 0.2) is 36.4 Å². The van der Waals surface area contributed by atoms with E-state index in [2.05, 4.69) is 9.80 Å². The van der Waals surface area contributed by atoms with Gasteiger partial charge in [0.1, 0.15) is 18.5 Å². The van der Waals surface area contributed by atoms with E-state index in [1.807, 2.05) is 44.2 Å². The molecular formula is C24H32Cl2N2O3. The SMILES string of the molecule is Cc1cc(Cl)ccc1CC(O)CN1CCN(CC(O)COc2ccc(Cl)cc2C)CC1. The van der Waals surface area contributed by atoms with E-state index in [1.165, 1.54) is 0 Å². The molecule has 1 saturated heterocycles. The minimum atomic E-state index is -0.555. The summed E-state index contributed by atoms with van der Waals surface area (Å²) in [4.78, 5) is 4.53. The zero-order chi connectivity index (χ0) is 22.4. The van der Waals surface area contributed by atoms with Crippen LogP contribution in [0.5, 0.6) is 5.75 Å². The van der Waals surface area contributed by atoms with Crippen LogP contribution >= 0.6 is 23.2 Å². The summed E-state index contributed by atoms with van der Waals surface area (Å²) in [6.07, 6.45) is -0.336. The lowest BCUT2D eigenvalue weighted by atomic mass is 10.0. The molecule has 31 heavy (non-hydrogen) atoms. The van der Waals surface area contributed by atoms with E-state index in [4.69, 9.17) is 27.9 Å². The topological polar surface area (TPSA) is 56.2 Å². The van der Waals surface area contributed by atoms with Crippen molar-refractivity contribution in [3.63, 3.8) is 0 Å². The van der Waals surface area contributed by atoms with E-state index in [0.717, 1.165) is 53.6 Å². The van der Waals surface area contributed by atoms with Gasteiger partial charge in [-0.15, -0.1) is 0 Å². The quantitative estimate of drug-likeness (QED) is 0.591. The summed E-state index contributed by atoms with van der Waals surface area (Å²) < 4.78 is 5.76. The fourth-order valence-corrected chi connectivity index (χ4v) is 4.42. The monoisotopic (exact) mass is 466 g/mol. The second-order valence-corrected chi connectivity index (χ2v) is 9.28. The van der Waals surface area contributed by atoms with Crippen LogP contribution in [0.2, 0.25) is 10.0 Å². The normalized spacial score (nSPS) is 17.5. The first kappa shape index (κ1) is 24.3. The molecule has 0 amide bonds. The Morgan fingerprint density at radius 1 is 0.839 bits per heavy atom. The summed E-state index contributed by atoms with van der Waals surface area (Å²) >= 11 is 12.0. The van der Waals surface area contributed by atoms with Crippen molar-refractivity contribution in [2.45, 2.75) is 32.5 Å². The Morgan fingerprint density at radius 3 is 1.97 bits per heavy atom. The summed E-state index contributed by atoms with van der Waals surface area (Å²) in [5.74, 6) is 0.748. The van der Waals surface area contributed by atoms with Crippen LogP contribution in [0, 0.1) is 13.8 Å². The largest absolute Gasteiger partial charge is 0.491 e. The van der Waals surface area contributed by atoms with Gasteiger partial charge in [-0.05, 0) is 67.3 Å². The third-order valence-corrected chi connectivity index (χ3v) is 6.20. The molecule has 2 N–H and O–H groups in total. The molecule has 1 aliphatic heterocycles. The minimum absolute atomic E-state index is 0.252. The maximum atomic E-state index is 10.5. The molecule has 0 saturated carbocycles. The van der Waals surface area contributed by atoms with Crippen LogP contribution < -0.4 is 4.74 Å². The number of halogens is 2. The van der Waals surface area contributed by atoms with Gasteiger partial charge in [0.15, 0.2) is 0 Å². The summed E-state index contributed by atoms with van der Waals surface area (Å²) in [7, 11) is 0. The molecule has 7 heteroatoms. The molecule has 1 fully saturated rings. The molecule has 0 aromatic heterocycles. The van der Waals surface area contributed by atoms with Crippen LogP contribution in [0.4, 0.5) is 0 Å². The molecule has 170 valence electrons. The molecule has 2 atom stereocenters. The van der Waals surface area contributed by atoms with Gasteiger partial charge < -0.3 is 14.9 Å². The number of aliphatic hydroxyl groups is 2. The number of nitrogens with zero attached hydrogens (tertiary/aromatic N) is 2. The Morgan fingerprint density at radius 2 is 1.39 bits per heavy atom. The van der Waals surface area contributed by atoms with Gasteiger partial charge in [0.05, 0.1) is 6.10 Å². The lowest BCUT2D eigenvalue weighted by Gasteiger charge is -2.36. The Labute approximate surface area is 195 Å². The van der Waals surface area contributed by atoms with Crippen LogP contribution in [-0.4, -0.2) is 78.1 Å². The second kappa shape index (κ2) is 11.5. The van der Waals surface area contributed by atoms with Crippen LogP contribution in [0.3, 0.4) is 0 Å². The fraction of sp³-hybridized carbons (Fsp3) is 0.500. The van der Waals surface area contributed by atoms with Crippen molar-refractivity contribution in [3.05, 3.63) is 63.1 Å². The smallest absolute Gasteiger partial charge is 0.122 e. The zero-order valence-corrected chi connectivity index (χ0v) is 19.7. The molecule has 1 aliphatic rings. The summed E-state index contributed by atoms with van der Waals surface area (Å²) in [6, 6.07) is 11.3. The number of hydrogen-bond acceptors (Lipinski definition) is 5. The third kappa shape index (κ3) is 7.63. The predicted octanol–water partition coefficient (Wildman–Crippen LogP) is 3.57. The number of ether oxygens (including phenoxy) is 1. The molecule has 1 heterocycles. The standard InChI is InChI=1S/C24H32Cl2N2O3/c1-17-11-20(25)4-3-19(17)13-22(29)14-27-7-9-28(10-8-27)15-23(30)16-31-24-6-5-21(26)12-18(24)2/h3-6,11-12,22-23,29-30H,7-10,13-16H2,1-2H3. The van der Waals surface area contributed by atoms with Gasteiger partial charge in [0, 0.05) is 49.3 Å². The Kier molecular flexibility index (Phi) is 9.02. The van der Waals surface area contributed by atoms with Crippen molar-refractivity contribution in [2.24, 2.45) is 0 Å². The predicted molar refractivity (Wildman–Crippen MR) is 126 cm³/mol. The summed E-state index contributed by atoms with van der Waals surface area (Å²) in [6.45, 7) is 8.92. The lowest BCUT2D eigenvalue weighted by molar-refractivity contribution is 0.0333. The highest BCUT2D eigenvalue weighted by Gasteiger charge is 2.21. The Balaban J connectivity index is 1.37. The van der Waals surface area contributed by atoms with E-state index in [1.54, 1.807) is 6.07 Å². The first-order chi connectivity index (χ1) is 14.8. The van der Waals surface area contributed by atoms with Gasteiger partial charge in [0.25, 0.3) is 0 Å².